The van der Waals surface area contributed by atoms with Crippen LogP contribution in [0.25, 0.3) is 6.08 Å². The van der Waals surface area contributed by atoms with E-state index in [2.05, 4.69) is 0 Å². The number of hydrogen-bond donors (Lipinski definition) is 1. The van der Waals surface area contributed by atoms with Gasteiger partial charge < -0.3 is 14.7 Å². The first-order valence-corrected chi connectivity index (χ1v) is 6.82. The Hall–Kier alpha value is -1.81. The lowest BCUT2D eigenvalue weighted by molar-refractivity contribution is -0.127. The first kappa shape index (κ1) is 16.2. The highest BCUT2D eigenvalue weighted by Gasteiger charge is 2.13. The summed E-state index contributed by atoms with van der Waals surface area (Å²) in [4.78, 5) is 13.9. The molecular formula is C16H23NO3. The number of carbonyl (C=O) groups is 1. The Balaban J connectivity index is 2.73. The smallest absolute Gasteiger partial charge is 0.246 e. The molecule has 0 aliphatic carbocycles. The summed E-state index contributed by atoms with van der Waals surface area (Å²) in [5.41, 5.74) is 0.920. The van der Waals surface area contributed by atoms with Crippen LogP contribution in [0.1, 0.15) is 25.8 Å². The Morgan fingerprint density at radius 3 is 2.80 bits per heavy atom. The molecule has 0 aromatic heterocycles. The molecule has 0 unspecified atom stereocenters. The third kappa shape index (κ3) is 5.05. The minimum Gasteiger partial charge on any atom is -0.497 e. The molecule has 4 heteroatoms. The fourth-order valence-corrected chi connectivity index (χ4v) is 1.87. The summed E-state index contributed by atoms with van der Waals surface area (Å²) in [7, 11) is 1.61. The van der Waals surface area contributed by atoms with Gasteiger partial charge >= 0.3 is 0 Å². The van der Waals surface area contributed by atoms with Gasteiger partial charge in [-0.15, -0.1) is 0 Å². The maximum atomic E-state index is 12.1. The van der Waals surface area contributed by atoms with Crippen molar-refractivity contribution in [3.05, 3.63) is 35.9 Å². The summed E-state index contributed by atoms with van der Waals surface area (Å²) in [6, 6.07) is 7.65. The van der Waals surface area contributed by atoms with Gasteiger partial charge in [0.15, 0.2) is 0 Å². The van der Waals surface area contributed by atoms with Crippen LogP contribution in [0.5, 0.6) is 5.75 Å². The average molecular weight is 277 g/mol. The molecule has 1 aromatic rings. The van der Waals surface area contributed by atoms with E-state index in [1.807, 2.05) is 38.1 Å². The van der Waals surface area contributed by atoms with Crippen molar-refractivity contribution >= 4 is 12.0 Å². The van der Waals surface area contributed by atoms with Crippen molar-refractivity contribution in [1.82, 2.24) is 4.90 Å². The number of carbonyl (C=O) groups excluding carboxylic acids is 1. The average Bonchev–Trinajstić information content (AvgIpc) is 2.45. The molecule has 0 aliphatic heterocycles. The summed E-state index contributed by atoms with van der Waals surface area (Å²) in [5.74, 6) is 0.719. The topological polar surface area (TPSA) is 49.8 Å². The van der Waals surface area contributed by atoms with Crippen LogP contribution in [0.3, 0.4) is 0 Å². The van der Waals surface area contributed by atoms with E-state index in [9.17, 15) is 4.79 Å². The van der Waals surface area contributed by atoms with Crippen LogP contribution >= 0.6 is 0 Å². The molecule has 110 valence electrons. The van der Waals surface area contributed by atoms with Crippen molar-refractivity contribution in [3.63, 3.8) is 0 Å². The lowest BCUT2D eigenvalue weighted by Gasteiger charge is -2.25. The van der Waals surface area contributed by atoms with E-state index in [1.54, 1.807) is 24.2 Å². The minimum atomic E-state index is -0.0451. The fourth-order valence-electron chi connectivity index (χ4n) is 1.87. The zero-order valence-electron chi connectivity index (χ0n) is 12.4. The summed E-state index contributed by atoms with van der Waals surface area (Å²) in [6.45, 7) is 4.59. The molecule has 1 amide bonds. The van der Waals surface area contributed by atoms with Crippen molar-refractivity contribution in [3.8, 4) is 5.75 Å². The van der Waals surface area contributed by atoms with Crippen LogP contribution < -0.4 is 4.74 Å². The summed E-state index contributed by atoms with van der Waals surface area (Å²) in [5, 5.41) is 8.87. The highest BCUT2D eigenvalue weighted by Crippen LogP contribution is 2.14. The largest absolute Gasteiger partial charge is 0.497 e. The number of aliphatic hydroxyl groups excluding tert-OH is 1. The maximum Gasteiger partial charge on any atom is 0.246 e. The zero-order valence-corrected chi connectivity index (χ0v) is 12.4. The molecule has 0 fully saturated rings. The number of nitrogens with zero attached hydrogens (tertiary/aromatic N) is 1. The van der Waals surface area contributed by atoms with Gasteiger partial charge in [-0.3, -0.25) is 4.79 Å². The van der Waals surface area contributed by atoms with Gasteiger partial charge in [-0.05, 0) is 44.0 Å². The van der Waals surface area contributed by atoms with Crippen molar-refractivity contribution in [2.45, 2.75) is 26.3 Å². The van der Waals surface area contributed by atoms with E-state index in [4.69, 9.17) is 9.84 Å². The number of aliphatic hydroxyl groups is 1. The molecule has 20 heavy (non-hydrogen) atoms. The van der Waals surface area contributed by atoms with Gasteiger partial charge in [-0.1, -0.05) is 12.1 Å². The van der Waals surface area contributed by atoms with Crippen LogP contribution in [0, 0.1) is 0 Å². The number of benzene rings is 1. The highest BCUT2D eigenvalue weighted by atomic mass is 16.5. The maximum absolute atomic E-state index is 12.1. The summed E-state index contributed by atoms with van der Waals surface area (Å²) >= 11 is 0. The Labute approximate surface area is 120 Å². The second-order valence-corrected chi connectivity index (χ2v) is 4.81. The predicted molar refractivity (Wildman–Crippen MR) is 80.6 cm³/mol. The summed E-state index contributed by atoms with van der Waals surface area (Å²) in [6.07, 6.45) is 3.93. The lowest BCUT2D eigenvalue weighted by atomic mass is 10.2. The summed E-state index contributed by atoms with van der Waals surface area (Å²) < 4.78 is 5.14. The molecule has 0 atom stereocenters. The van der Waals surface area contributed by atoms with Gasteiger partial charge in [-0.25, -0.2) is 0 Å². The number of amides is 1. The van der Waals surface area contributed by atoms with Crippen molar-refractivity contribution in [2.24, 2.45) is 0 Å². The minimum absolute atomic E-state index is 0.0451. The zero-order chi connectivity index (χ0) is 15.0. The molecule has 0 saturated carbocycles. The monoisotopic (exact) mass is 277 g/mol. The van der Waals surface area contributed by atoms with E-state index in [0.717, 1.165) is 11.3 Å². The number of ether oxygens (including phenoxy) is 1. The van der Waals surface area contributed by atoms with Gasteiger partial charge in [-0.2, -0.15) is 0 Å². The van der Waals surface area contributed by atoms with E-state index in [0.29, 0.717) is 13.0 Å². The Bertz CT molecular complexity index is 455. The molecule has 4 nitrogen and oxygen atoms in total. The number of methoxy groups -OCH3 is 1. The molecule has 0 heterocycles. The van der Waals surface area contributed by atoms with Crippen molar-refractivity contribution in [1.29, 1.82) is 0 Å². The van der Waals surface area contributed by atoms with Crippen LogP contribution in [0.2, 0.25) is 0 Å². The quantitative estimate of drug-likeness (QED) is 0.778. The van der Waals surface area contributed by atoms with Gasteiger partial charge in [0.2, 0.25) is 5.91 Å². The lowest BCUT2D eigenvalue weighted by Crippen LogP contribution is -2.36. The third-order valence-corrected chi connectivity index (χ3v) is 2.98. The first-order chi connectivity index (χ1) is 9.58. The predicted octanol–water partition coefficient (Wildman–Crippen LogP) is 2.33. The van der Waals surface area contributed by atoms with E-state index >= 15 is 0 Å². The molecule has 1 aromatic carbocycles. The van der Waals surface area contributed by atoms with Crippen LogP contribution in [-0.2, 0) is 4.79 Å². The highest BCUT2D eigenvalue weighted by molar-refractivity contribution is 5.92. The molecule has 1 rings (SSSR count). The van der Waals surface area contributed by atoms with Gasteiger partial charge in [0.1, 0.15) is 5.75 Å². The van der Waals surface area contributed by atoms with E-state index < -0.39 is 0 Å². The second-order valence-electron chi connectivity index (χ2n) is 4.81. The van der Waals surface area contributed by atoms with Crippen molar-refractivity contribution in [2.75, 3.05) is 20.3 Å². The molecular weight excluding hydrogens is 254 g/mol. The van der Waals surface area contributed by atoms with Crippen molar-refractivity contribution < 1.29 is 14.6 Å². The Morgan fingerprint density at radius 1 is 1.45 bits per heavy atom. The number of hydrogen-bond acceptors (Lipinski definition) is 3. The second kappa shape index (κ2) is 8.38. The molecule has 0 radical (unpaired) electrons. The number of rotatable bonds is 7. The SMILES string of the molecule is COc1cccc(/C=C/C(=O)N(CCCO)C(C)C)c1. The molecule has 0 spiro atoms. The Morgan fingerprint density at radius 2 is 2.20 bits per heavy atom. The van der Waals surface area contributed by atoms with Gasteiger partial charge in [0.25, 0.3) is 0 Å². The van der Waals surface area contributed by atoms with Crippen LogP contribution in [-0.4, -0.2) is 42.2 Å². The molecule has 0 bridgehead atoms. The Kier molecular flexibility index (Phi) is 6.81. The van der Waals surface area contributed by atoms with Crippen LogP contribution in [0.4, 0.5) is 0 Å². The van der Waals surface area contributed by atoms with E-state index in [1.165, 1.54) is 0 Å². The molecule has 0 aliphatic rings. The molecule has 0 saturated heterocycles. The normalized spacial score (nSPS) is 11.1. The van der Waals surface area contributed by atoms with Crippen LogP contribution in [0.15, 0.2) is 30.3 Å². The molecule has 1 N–H and O–H groups in total. The first-order valence-electron chi connectivity index (χ1n) is 6.82. The van der Waals surface area contributed by atoms with Gasteiger partial charge in [0.05, 0.1) is 7.11 Å². The fraction of sp³-hybridized carbons (Fsp3) is 0.438. The van der Waals surface area contributed by atoms with Gasteiger partial charge in [0, 0.05) is 25.3 Å². The van der Waals surface area contributed by atoms with E-state index in [-0.39, 0.29) is 18.6 Å². The standard InChI is InChI=1S/C16H23NO3/c1-13(2)17(10-5-11-18)16(19)9-8-14-6-4-7-15(12-14)20-3/h4,6-9,12-13,18H,5,10-11H2,1-3H3/b9-8+. The third-order valence-electron chi connectivity index (χ3n) is 2.98.